The summed E-state index contributed by atoms with van der Waals surface area (Å²) in [5.41, 5.74) is 1.42. The van der Waals surface area contributed by atoms with E-state index in [4.69, 9.17) is 4.74 Å². The maximum Gasteiger partial charge on any atom is 0.340 e. The monoisotopic (exact) mass is 404 g/mol. The maximum absolute atomic E-state index is 13.2. The summed E-state index contributed by atoms with van der Waals surface area (Å²) in [6.45, 7) is 7.76. The predicted molar refractivity (Wildman–Crippen MR) is 117 cm³/mol. The van der Waals surface area contributed by atoms with Gasteiger partial charge in [0, 0.05) is 24.3 Å². The van der Waals surface area contributed by atoms with Gasteiger partial charge in [0.1, 0.15) is 6.73 Å². The van der Waals surface area contributed by atoms with Crippen molar-refractivity contribution >= 4 is 12.0 Å². The molecule has 1 aromatic heterocycles. The van der Waals surface area contributed by atoms with Gasteiger partial charge in [-0.2, -0.15) is 4.57 Å². The Morgan fingerprint density at radius 2 is 1.73 bits per heavy atom. The number of ether oxygens (including phenoxy) is 1. The normalized spacial score (nSPS) is 10.7. The van der Waals surface area contributed by atoms with Gasteiger partial charge < -0.3 is 4.74 Å². The van der Waals surface area contributed by atoms with E-state index >= 15 is 0 Å². The summed E-state index contributed by atoms with van der Waals surface area (Å²) in [5.74, 6) is -0.676. The zero-order chi connectivity index (χ0) is 21.7. The summed E-state index contributed by atoms with van der Waals surface area (Å²) in [6.07, 6.45) is 1.72. The molecule has 0 saturated carbocycles. The van der Waals surface area contributed by atoms with E-state index < -0.39 is 17.2 Å². The lowest BCUT2D eigenvalue weighted by Crippen LogP contribution is -2.46. The molecule has 0 spiro atoms. The lowest BCUT2D eigenvalue weighted by Gasteiger charge is -2.18. The van der Waals surface area contributed by atoms with Crippen LogP contribution < -0.4 is 11.2 Å². The largest absolute Gasteiger partial charge is 0.361 e. The summed E-state index contributed by atoms with van der Waals surface area (Å²) >= 11 is 0. The molecule has 0 aliphatic heterocycles. The summed E-state index contributed by atoms with van der Waals surface area (Å²) in [6, 6.07) is 16.2. The van der Waals surface area contributed by atoms with Gasteiger partial charge in [-0.05, 0) is 31.5 Å². The van der Waals surface area contributed by atoms with E-state index in [9.17, 15) is 14.4 Å². The molecule has 2 aromatic carbocycles. The lowest BCUT2D eigenvalue weighted by atomic mass is 10.1. The number of carbonyl (C=O) groups is 1. The van der Waals surface area contributed by atoms with Gasteiger partial charge in [0.2, 0.25) is 0 Å². The van der Waals surface area contributed by atoms with Crippen LogP contribution in [0.25, 0.3) is 6.08 Å². The van der Waals surface area contributed by atoms with Crippen LogP contribution in [0.4, 0.5) is 0 Å². The van der Waals surface area contributed by atoms with Gasteiger partial charge in [0.25, 0.3) is 11.5 Å². The maximum atomic E-state index is 13.2. The summed E-state index contributed by atoms with van der Waals surface area (Å²) < 4.78 is 7.47. The zero-order valence-electron chi connectivity index (χ0n) is 17.1. The van der Waals surface area contributed by atoms with Gasteiger partial charge >= 0.3 is 5.69 Å². The van der Waals surface area contributed by atoms with Gasteiger partial charge in [0.05, 0.1) is 5.56 Å². The van der Waals surface area contributed by atoms with Crippen LogP contribution in [0.2, 0.25) is 0 Å². The molecule has 0 amide bonds. The topological polar surface area (TPSA) is 70.3 Å². The fraction of sp³-hybridized carbons (Fsp3) is 0.208. The Kier molecular flexibility index (Phi) is 6.59. The number of carbonyl (C=O) groups excluding carboxylic acids is 1. The number of hydrogen-bond acceptors (Lipinski definition) is 4. The first-order valence-corrected chi connectivity index (χ1v) is 9.72. The van der Waals surface area contributed by atoms with E-state index in [0.717, 1.165) is 11.1 Å². The van der Waals surface area contributed by atoms with E-state index in [1.807, 2.05) is 44.2 Å². The highest BCUT2D eigenvalue weighted by Crippen LogP contribution is 2.13. The minimum absolute atomic E-state index is 0.0696. The Hall–Kier alpha value is -3.51. The van der Waals surface area contributed by atoms with Crippen LogP contribution >= 0.6 is 0 Å². The summed E-state index contributed by atoms with van der Waals surface area (Å²) in [4.78, 5) is 39.4. The van der Waals surface area contributed by atoms with Crippen molar-refractivity contribution in [3.05, 3.63) is 110 Å². The lowest BCUT2D eigenvalue weighted by molar-refractivity contribution is 0.0791. The summed E-state index contributed by atoms with van der Waals surface area (Å²) in [5, 5.41) is 0. The Morgan fingerprint density at radius 3 is 2.33 bits per heavy atom. The molecule has 6 nitrogen and oxygen atoms in total. The van der Waals surface area contributed by atoms with Gasteiger partial charge in [-0.3, -0.25) is 14.2 Å². The molecule has 0 aliphatic rings. The van der Waals surface area contributed by atoms with Crippen molar-refractivity contribution in [2.45, 2.75) is 27.0 Å². The highest BCUT2D eigenvalue weighted by Gasteiger charge is 2.22. The smallest absolute Gasteiger partial charge is 0.340 e. The molecular formula is C24H24N2O4. The van der Waals surface area contributed by atoms with E-state index in [0.29, 0.717) is 23.3 Å². The molecule has 3 rings (SSSR count). The van der Waals surface area contributed by atoms with E-state index in [1.54, 1.807) is 24.3 Å². The second-order valence-corrected chi connectivity index (χ2v) is 6.87. The van der Waals surface area contributed by atoms with Crippen molar-refractivity contribution in [1.82, 2.24) is 9.13 Å². The first-order chi connectivity index (χ1) is 14.5. The minimum atomic E-state index is -0.726. The third kappa shape index (κ3) is 4.23. The molecule has 0 fully saturated rings. The van der Waals surface area contributed by atoms with Gasteiger partial charge in [0.15, 0.2) is 0 Å². The molecule has 154 valence electrons. The predicted octanol–water partition coefficient (Wildman–Crippen LogP) is 3.23. The number of hydrogen-bond donors (Lipinski definition) is 0. The number of aromatic nitrogens is 2. The van der Waals surface area contributed by atoms with Crippen LogP contribution in [0, 0.1) is 6.92 Å². The first-order valence-electron chi connectivity index (χ1n) is 9.72. The molecular weight excluding hydrogens is 380 g/mol. The highest BCUT2D eigenvalue weighted by molar-refractivity contribution is 5.96. The molecule has 3 aromatic rings. The average molecular weight is 404 g/mol. The average Bonchev–Trinajstić information content (AvgIpc) is 2.75. The molecule has 0 atom stereocenters. The van der Waals surface area contributed by atoms with Gasteiger partial charge in [-0.25, -0.2) is 4.79 Å². The molecule has 30 heavy (non-hydrogen) atoms. The molecule has 0 bridgehead atoms. The first kappa shape index (κ1) is 21.2. The number of rotatable bonds is 7. The van der Waals surface area contributed by atoms with Crippen LogP contribution in [-0.4, -0.2) is 21.6 Å². The van der Waals surface area contributed by atoms with E-state index in [2.05, 4.69) is 6.58 Å². The molecule has 0 unspecified atom stereocenters. The standard InChI is InChI=1S/C24H24N2O4/c1-4-20-21(15-18-9-7-6-8-10-18)25(16-30-5-2)24(29)26(23(20)28)22(27)19-13-11-17(3)12-14-19/h4,6-14H,1,5,15-16H2,2-3H3. The van der Waals surface area contributed by atoms with Crippen molar-refractivity contribution < 1.29 is 9.53 Å². The minimum Gasteiger partial charge on any atom is -0.361 e. The van der Waals surface area contributed by atoms with Crippen LogP contribution in [0.15, 0.2) is 70.8 Å². The van der Waals surface area contributed by atoms with Crippen molar-refractivity contribution in [2.75, 3.05) is 6.61 Å². The molecule has 0 radical (unpaired) electrons. The Balaban J connectivity index is 2.23. The van der Waals surface area contributed by atoms with Gasteiger partial charge in [-0.15, -0.1) is 0 Å². The third-order valence-corrected chi connectivity index (χ3v) is 4.84. The molecule has 0 aliphatic carbocycles. The Labute approximate surface area is 174 Å². The van der Waals surface area contributed by atoms with Crippen LogP contribution in [0.3, 0.4) is 0 Å². The van der Waals surface area contributed by atoms with Crippen molar-refractivity contribution in [2.24, 2.45) is 0 Å². The Bertz CT molecular complexity index is 1170. The number of benzene rings is 2. The zero-order valence-corrected chi connectivity index (χ0v) is 17.1. The summed E-state index contributed by atoms with van der Waals surface area (Å²) in [7, 11) is 0. The molecule has 0 saturated heterocycles. The second kappa shape index (κ2) is 9.33. The molecule has 0 N–H and O–H groups in total. The van der Waals surface area contributed by atoms with E-state index in [-0.39, 0.29) is 17.9 Å². The second-order valence-electron chi connectivity index (χ2n) is 6.87. The molecule has 6 heteroatoms. The van der Waals surface area contributed by atoms with Crippen molar-refractivity contribution in [3.63, 3.8) is 0 Å². The fourth-order valence-corrected chi connectivity index (χ4v) is 3.22. The SMILES string of the molecule is C=Cc1c(Cc2ccccc2)n(COCC)c(=O)n(C(=O)c2ccc(C)cc2)c1=O. The van der Waals surface area contributed by atoms with Crippen LogP contribution in [0.5, 0.6) is 0 Å². The highest BCUT2D eigenvalue weighted by atomic mass is 16.5. The van der Waals surface area contributed by atoms with Crippen molar-refractivity contribution in [3.8, 4) is 0 Å². The third-order valence-electron chi connectivity index (χ3n) is 4.84. The fourth-order valence-electron chi connectivity index (χ4n) is 3.22. The van der Waals surface area contributed by atoms with Crippen LogP contribution in [-0.2, 0) is 17.9 Å². The van der Waals surface area contributed by atoms with Gasteiger partial charge in [-0.1, -0.05) is 60.7 Å². The van der Waals surface area contributed by atoms with Crippen LogP contribution in [0.1, 0.15) is 39.7 Å². The van der Waals surface area contributed by atoms with E-state index in [1.165, 1.54) is 10.6 Å². The number of nitrogens with zero attached hydrogens (tertiary/aromatic N) is 2. The number of aryl methyl sites for hydroxylation is 1. The quantitative estimate of drug-likeness (QED) is 0.606. The molecule has 1 heterocycles. The van der Waals surface area contributed by atoms with Crippen molar-refractivity contribution in [1.29, 1.82) is 0 Å². The Morgan fingerprint density at radius 1 is 1.07 bits per heavy atom.